The highest BCUT2D eigenvalue weighted by atomic mass is 14.9. The van der Waals surface area contributed by atoms with Gasteiger partial charge in [-0.05, 0) is 50.5 Å². The minimum absolute atomic E-state index is 0.437. The van der Waals surface area contributed by atoms with Crippen LogP contribution in [0.1, 0.15) is 24.4 Å². The van der Waals surface area contributed by atoms with Gasteiger partial charge in [-0.25, -0.2) is 0 Å². The molecule has 15 heavy (non-hydrogen) atoms. The third-order valence-electron chi connectivity index (χ3n) is 3.16. The summed E-state index contributed by atoms with van der Waals surface area (Å²) in [7, 11) is 2.03. The van der Waals surface area contributed by atoms with Crippen molar-refractivity contribution < 1.29 is 0 Å². The van der Waals surface area contributed by atoms with Crippen molar-refractivity contribution in [2.24, 2.45) is 5.92 Å². The maximum Gasteiger partial charge on any atom is 0.0373 e. The van der Waals surface area contributed by atoms with Crippen LogP contribution in [0.4, 0.5) is 0 Å². The number of hydrogen-bond donors (Lipinski definition) is 2. The Labute approximate surface area is 91.3 Å². The summed E-state index contributed by atoms with van der Waals surface area (Å²) >= 11 is 0. The Kier molecular flexibility index (Phi) is 3.69. The first-order chi connectivity index (χ1) is 7.42. The molecule has 2 rings (SSSR count). The summed E-state index contributed by atoms with van der Waals surface area (Å²) in [6.45, 7) is 2.28. The second-order valence-electron chi connectivity index (χ2n) is 4.16. The molecular formula is C12H19N3. The van der Waals surface area contributed by atoms with Crippen molar-refractivity contribution >= 4 is 0 Å². The van der Waals surface area contributed by atoms with Crippen LogP contribution in [-0.2, 0) is 0 Å². The van der Waals surface area contributed by atoms with Crippen molar-refractivity contribution in [2.45, 2.75) is 18.9 Å². The largest absolute Gasteiger partial charge is 0.316 e. The number of hydrogen-bond acceptors (Lipinski definition) is 3. The molecule has 0 saturated carbocycles. The maximum absolute atomic E-state index is 4.19. The lowest BCUT2D eigenvalue weighted by Gasteiger charge is -2.30. The molecule has 2 unspecified atom stereocenters. The summed E-state index contributed by atoms with van der Waals surface area (Å²) in [4.78, 5) is 4.19. The van der Waals surface area contributed by atoms with E-state index >= 15 is 0 Å². The molecule has 0 aliphatic carbocycles. The Morgan fingerprint density at radius 2 is 2.53 bits per heavy atom. The lowest BCUT2D eigenvalue weighted by atomic mass is 9.88. The smallest absolute Gasteiger partial charge is 0.0373 e. The molecule has 1 aromatic rings. The molecule has 0 bridgehead atoms. The highest BCUT2D eigenvalue weighted by molar-refractivity contribution is 5.15. The zero-order valence-corrected chi connectivity index (χ0v) is 9.24. The lowest BCUT2D eigenvalue weighted by Crippen LogP contribution is -2.37. The molecular weight excluding hydrogens is 186 g/mol. The van der Waals surface area contributed by atoms with E-state index in [-0.39, 0.29) is 0 Å². The molecule has 2 heterocycles. The second kappa shape index (κ2) is 5.24. The predicted octanol–water partition coefficient (Wildman–Crippen LogP) is 1.34. The van der Waals surface area contributed by atoms with E-state index in [4.69, 9.17) is 0 Å². The fraction of sp³-hybridized carbons (Fsp3) is 0.583. The van der Waals surface area contributed by atoms with Crippen LogP contribution in [-0.4, -0.2) is 25.1 Å². The summed E-state index contributed by atoms with van der Waals surface area (Å²) in [5.74, 6) is 0.688. The van der Waals surface area contributed by atoms with E-state index in [1.165, 1.54) is 24.9 Å². The second-order valence-corrected chi connectivity index (χ2v) is 4.16. The van der Waals surface area contributed by atoms with Gasteiger partial charge in [0.05, 0.1) is 0 Å². The number of aromatic nitrogens is 1. The van der Waals surface area contributed by atoms with Crippen LogP contribution in [0.15, 0.2) is 24.5 Å². The highest BCUT2D eigenvalue weighted by Crippen LogP contribution is 2.26. The van der Waals surface area contributed by atoms with E-state index in [1.54, 1.807) is 0 Å². The van der Waals surface area contributed by atoms with E-state index in [0.29, 0.717) is 12.0 Å². The normalized spacial score (nSPS) is 23.7. The average molecular weight is 205 g/mol. The van der Waals surface area contributed by atoms with Gasteiger partial charge in [0.1, 0.15) is 0 Å². The Balaban J connectivity index is 2.09. The minimum Gasteiger partial charge on any atom is -0.316 e. The molecule has 1 saturated heterocycles. The molecule has 1 fully saturated rings. The molecule has 0 radical (unpaired) electrons. The number of piperidine rings is 1. The van der Waals surface area contributed by atoms with Crippen molar-refractivity contribution in [3.05, 3.63) is 30.1 Å². The Morgan fingerprint density at radius 3 is 3.13 bits per heavy atom. The van der Waals surface area contributed by atoms with E-state index in [9.17, 15) is 0 Å². The monoisotopic (exact) mass is 205 g/mol. The fourth-order valence-corrected chi connectivity index (χ4v) is 2.40. The molecule has 2 atom stereocenters. The zero-order chi connectivity index (χ0) is 10.5. The molecule has 1 aliphatic rings. The van der Waals surface area contributed by atoms with Crippen LogP contribution in [0, 0.1) is 5.92 Å². The first kappa shape index (κ1) is 10.6. The molecule has 0 aromatic carbocycles. The van der Waals surface area contributed by atoms with Gasteiger partial charge in [0, 0.05) is 18.4 Å². The van der Waals surface area contributed by atoms with Crippen molar-refractivity contribution in [1.82, 2.24) is 15.6 Å². The predicted molar refractivity (Wildman–Crippen MR) is 61.6 cm³/mol. The SMILES string of the molecule is CNC(c1cccnc1)C1CCCNC1. The van der Waals surface area contributed by atoms with Crippen LogP contribution < -0.4 is 10.6 Å². The van der Waals surface area contributed by atoms with E-state index < -0.39 is 0 Å². The summed E-state index contributed by atoms with van der Waals surface area (Å²) in [6, 6.07) is 4.60. The molecule has 0 spiro atoms. The fourth-order valence-electron chi connectivity index (χ4n) is 2.40. The summed E-state index contributed by atoms with van der Waals surface area (Å²) < 4.78 is 0. The van der Waals surface area contributed by atoms with Gasteiger partial charge in [-0.3, -0.25) is 4.98 Å². The summed E-state index contributed by atoms with van der Waals surface area (Å²) in [6.07, 6.45) is 6.38. The van der Waals surface area contributed by atoms with Gasteiger partial charge >= 0.3 is 0 Å². The molecule has 3 nitrogen and oxygen atoms in total. The number of pyridine rings is 1. The third kappa shape index (κ3) is 2.55. The standard InChI is InChI=1S/C12H19N3/c1-13-12(10-4-2-6-14-8-10)11-5-3-7-15-9-11/h2,4,6,8,11-13,15H,3,5,7,9H2,1H3. The van der Waals surface area contributed by atoms with E-state index in [1.807, 2.05) is 25.5 Å². The molecule has 2 N–H and O–H groups in total. The Hall–Kier alpha value is -0.930. The van der Waals surface area contributed by atoms with Crippen LogP contribution in [0.3, 0.4) is 0 Å². The summed E-state index contributed by atoms with van der Waals surface area (Å²) in [5.41, 5.74) is 1.30. The quantitative estimate of drug-likeness (QED) is 0.782. The Morgan fingerprint density at radius 1 is 1.60 bits per heavy atom. The van der Waals surface area contributed by atoms with Gasteiger partial charge in [0.15, 0.2) is 0 Å². The van der Waals surface area contributed by atoms with Gasteiger partial charge in [-0.15, -0.1) is 0 Å². The lowest BCUT2D eigenvalue weighted by molar-refractivity contribution is 0.298. The van der Waals surface area contributed by atoms with Crippen LogP contribution in [0.2, 0.25) is 0 Å². The third-order valence-corrected chi connectivity index (χ3v) is 3.16. The van der Waals surface area contributed by atoms with Crippen molar-refractivity contribution in [3.8, 4) is 0 Å². The van der Waals surface area contributed by atoms with Gasteiger partial charge in [-0.2, -0.15) is 0 Å². The first-order valence-electron chi connectivity index (χ1n) is 5.69. The van der Waals surface area contributed by atoms with Gasteiger partial charge < -0.3 is 10.6 Å². The van der Waals surface area contributed by atoms with Crippen molar-refractivity contribution in [3.63, 3.8) is 0 Å². The van der Waals surface area contributed by atoms with Crippen LogP contribution in [0.5, 0.6) is 0 Å². The molecule has 1 aliphatic heterocycles. The minimum atomic E-state index is 0.437. The van der Waals surface area contributed by atoms with Crippen LogP contribution >= 0.6 is 0 Å². The van der Waals surface area contributed by atoms with E-state index in [2.05, 4.69) is 21.7 Å². The topological polar surface area (TPSA) is 37.0 Å². The van der Waals surface area contributed by atoms with Crippen molar-refractivity contribution in [2.75, 3.05) is 20.1 Å². The number of nitrogens with one attached hydrogen (secondary N) is 2. The maximum atomic E-state index is 4.19. The number of rotatable bonds is 3. The molecule has 3 heteroatoms. The van der Waals surface area contributed by atoms with Crippen LogP contribution in [0.25, 0.3) is 0 Å². The van der Waals surface area contributed by atoms with Gasteiger partial charge in [0.2, 0.25) is 0 Å². The Bertz CT molecular complexity index is 280. The zero-order valence-electron chi connectivity index (χ0n) is 9.24. The molecule has 1 aromatic heterocycles. The molecule has 0 amide bonds. The van der Waals surface area contributed by atoms with E-state index in [0.717, 1.165) is 6.54 Å². The van der Waals surface area contributed by atoms with Crippen molar-refractivity contribution in [1.29, 1.82) is 0 Å². The molecule has 82 valence electrons. The first-order valence-corrected chi connectivity index (χ1v) is 5.69. The number of nitrogens with zero attached hydrogens (tertiary/aromatic N) is 1. The van der Waals surface area contributed by atoms with Gasteiger partial charge in [0.25, 0.3) is 0 Å². The highest BCUT2D eigenvalue weighted by Gasteiger charge is 2.23. The average Bonchev–Trinajstić information content (AvgIpc) is 2.33. The van der Waals surface area contributed by atoms with Gasteiger partial charge in [-0.1, -0.05) is 6.07 Å². The summed E-state index contributed by atoms with van der Waals surface area (Å²) in [5, 5.41) is 6.87.